The molecule has 3 aliphatic carbocycles. The van der Waals surface area contributed by atoms with Gasteiger partial charge in [0, 0.05) is 37.2 Å². The summed E-state index contributed by atoms with van der Waals surface area (Å²) < 4.78 is 44.6. The number of nitrogens with one attached hydrogen (secondary N) is 2. The van der Waals surface area contributed by atoms with Crippen molar-refractivity contribution in [2.75, 3.05) is 26.3 Å². The van der Waals surface area contributed by atoms with Gasteiger partial charge < -0.3 is 29.7 Å². The van der Waals surface area contributed by atoms with E-state index in [-0.39, 0.29) is 36.2 Å². The molecule has 5 rings (SSSR count). The molecule has 0 radical (unpaired) electrons. The van der Waals surface area contributed by atoms with Crippen LogP contribution in [0.5, 0.6) is 11.5 Å². The fraction of sp³-hybridized carbons (Fsp3) is 0.500. The zero-order valence-electron chi connectivity index (χ0n) is 23.9. The van der Waals surface area contributed by atoms with Gasteiger partial charge in [-0.05, 0) is 70.2 Å². The zero-order valence-corrected chi connectivity index (χ0v) is 24.7. The van der Waals surface area contributed by atoms with Crippen molar-refractivity contribution in [2.45, 2.75) is 70.1 Å². The Kier molecular flexibility index (Phi) is 9.81. The van der Waals surface area contributed by atoms with Gasteiger partial charge >= 0.3 is 6.09 Å². The van der Waals surface area contributed by atoms with Crippen molar-refractivity contribution in [3.05, 3.63) is 58.6 Å². The molecular formula is C30H36ClF2N3O6. The molecule has 3 fully saturated rings. The highest BCUT2D eigenvalue weighted by atomic mass is 35.5. The van der Waals surface area contributed by atoms with E-state index in [1.807, 2.05) is 13.8 Å². The van der Waals surface area contributed by atoms with E-state index in [4.69, 9.17) is 25.8 Å². The van der Waals surface area contributed by atoms with E-state index >= 15 is 0 Å². The van der Waals surface area contributed by atoms with Gasteiger partial charge in [0.15, 0.2) is 13.2 Å². The van der Waals surface area contributed by atoms with Crippen LogP contribution in [0.4, 0.5) is 13.6 Å². The van der Waals surface area contributed by atoms with Gasteiger partial charge in [0.05, 0.1) is 10.6 Å². The standard InChI is InChI=1S/C30H36ClF2N3O6/c1-4-36(5-2)28(39)42-25-16-29(34-26(37)17-40-21-8-9-22(31)24(33)15-21)10-12-30(25,13-11-29)35-27(38)18-41-20-7-6-19(3)23(32)14-20/h6-9,14-15,25H,4-5,10-13,16-18H2,1-3H3,(H,34,37)(H,35,38)/t25-,29?,30?/m0/s1. The predicted octanol–water partition coefficient (Wildman–Crippen LogP) is 4.92. The van der Waals surface area contributed by atoms with E-state index in [0.717, 1.165) is 6.07 Å². The summed E-state index contributed by atoms with van der Waals surface area (Å²) in [5.74, 6) is -1.52. The average Bonchev–Trinajstić information content (AvgIpc) is 2.96. The van der Waals surface area contributed by atoms with Crippen LogP contribution in [-0.2, 0) is 14.3 Å². The highest BCUT2D eigenvalue weighted by Gasteiger charge is 2.57. The largest absolute Gasteiger partial charge is 0.484 e. The number of hydrogen-bond donors (Lipinski definition) is 2. The number of halogens is 3. The molecule has 9 nitrogen and oxygen atoms in total. The van der Waals surface area contributed by atoms with E-state index < -0.39 is 46.7 Å². The van der Waals surface area contributed by atoms with Crippen LogP contribution in [0.2, 0.25) is 5.02 Å². The third-order valence-electron chi connectivity index (χ3n) is 8.12. The van der Waals surface area contributed by atoms with Crippen LogP contribution < -0.4 is 20.1 Å². The predicted molar refractivity (Wildman–Crippen MR) is 152 cm³/mol. The Bertz CT molecular complexity index is 1310. The summed E-state index contributed by atoms with van der Waals surface area (Å²) in [6.45, 7) is 5.54. The first-order chi connectivity index (χ1) is 20.0. The summed E-state index contributed by atoms with van der Waals surface area (Å²) in [5, 5.41) is 6.03. The minimum absolute atomic E-state index is 0.0495. The van der Waals surface area contributed by atoms with Crippen molar-refractivity contribution in [3.8, 4) is 11.5 Å². The molecule has 0 heterocycles. The molecule has 1 atom stereocenters. The Labute approximate surface area is 248 Å². The van der Waals surface area contributed by atoms with Crippen molar-refractivity contribution in [3.63, 3.8) is 0 Å². The SMILES string of the molecule is CCN(CC)C(=O)O[C@H]1CC2(NC(=O)COc3ccc(Cl)c(F)c3)CCC1(NC(=O)COc1ccc(C)c(F)c1)CC2. The van der Waals surface area contributed by atoms with Gasteiger partial charge in [-0.15, -0.1) is 0 Å². The Hall–Kier alpha value is -3.60. The van der Waals surface area contributed by atoms with Gasteiger partial charge in [-0.2, -0.15) is 0 Å². The molecule has 0 spiro atoms. The number of aryl methyl sites for hydroxylation is 1. The van der Waals surface area contributed by atoms with E-state index in [0.29, 0.717) is 44.3 Å². The number of nitrogens with zero attached hydrogens (tertiary/aromatic N) is 1. The number of amides is 3. The second-order valence-electron chi connectivity index (χ2n) is 10.8. The minimum atomic E-state index is -0.856. The Morgan fingerprint density at radius 3 is 2.05 bits per heavy atom. The molecule has 0 unspecified atom stereocenters. The molecule has 3 amide bonds. The van der Waals surface area contributed by atoms with E-state index in [1.54, 1.807) is 19.1 Å². The van der Waals surface area contributed by atoms with Crippen LogP contribution in [0, 0.1) is 18.6 Å². The third-order valence-corrected chi connectivity index (χ3v) is 8.43. The highest BCUT2D eigenvalue weighted by Crippen LogP contribution is 2.48. The van der Waals surface area contributed by atoms with Gasteiger partial charge in [-0.1, -0.05) is 17.7 Å². The normalized spacial score (nSPS) is 22.7. The molecule has 0 aliphatic heterocycles. The van der Waals surface area contributed by atoms with Crippen molar-refractivity contribution in [1.29, 1.82) is 0 Å². The summed E-state index contributed by atoms with van der Waals surface area (Å²) >= 11 is 5.70. The summed E-state index contributed by atoms with van der Waals surface area (Å²) in [5.41, 5.74) is -1.07. The maximum absolute atomic E-state index is 13.9. The second-order valence-corrected chi connectivity index (χ2v) is 11.3. The number of carbonyl (C=O) groups is 3. The molecular weight excluding hydrogens is 572 g/mol. The first-order valence-corrected chi connectivity index (χ1v) is 14.4. The Morgan fingerprint density at radius 1 is 0.905 bits per heavy atom. The maximum Gasteiger partial charge on any atom is 0.410 e. The van der Waals surface area contributed by atoms with Crippen molar-refractivity contribution >= 4 is 29.5 Å². The van der Waals surface area contributed by atoms with E-state index in [9.17, 15) is 23.2 Å². The lowest BCUT2D eigenvalue weighted by Crippen LogP contribution is -2.71. The molecule has 12 heteroatoms. The van der Waals surface area contributed by atoms with Gasteiger partial charge in [0.2, 0.25) is 0 Å². The number of ether oxygens (including phenoxy) is 3. The van der Waals surface area contributed by atoms with Crippen molar-refractivity contribution in [1.82, 2.24) is 15.5 Å². The molecule has 2 bridgehead atoms. The van der Waals surface area contributed by atoms with Crippen LogP contribution in [-0.4, -0.2) is 66.3 Å². The number of rotatable bonds is 11. The maximum atomic E-state index is 13.9. The van der Waals surface area contributed by atoms with Crippen LogP contribution in [0.1, 0.15) is 51.5 Å². The minimum Gasteiger partial charge on any atom is -0.484 e. The number of carbonyl (C=O) groups excluding carboxylic acids is 3. The smallest absolute Gasteiger partial charge is 0.410 e. The van der Waals surface area contributed by atoms with Crippen molar-refractivity contribution in [2.24, 2.45) is 0 Å². The first kappa shape index (κ1) is 31.3. The molecule has 42 heavy (non-hydrogen) atoms. The molecule has 3 aliphatic rings. The van der Waals surface area contributed by atoms with Gasteiger partial charge in [0.25, 0.3) is 11.8 Å². The Morgan fingerprint density at radius 2 is 1.48 bits per heavy atom. The number of hydrogen-bond acceptors (Lipinski definition) is 6. The molecule has 2 aromatic rings. The zero-order chi connectivity index (χ0) is 30.5. The lowest BCUT2D eigenvalue weighted by Gasteiger charge is -2.57. The fourth-order valence-corrected chi connectivity index (χ4v) is 5.76. The van der Waals surface area contributed by atoms with Gasteiger partial charge in [0.1, 0.15) is 29.2 Å². The van der Waals surface area contributed by atoms with Crippen LogP contribution in [0.15, 0.2) is 36.4 Å². The number of fused-ring (bicyclic) bond motifs is 3. The average molecular weight is 608 g/mol. The summed E-state index contributed by atoms with van der Waals surface area (Å²) in [4.78, 5) is 40.4. The number of benzene rings is 2. The monoisotopic (exact) mass is 607 g/mol. The molecule has 228 valence electrons. The summed E-state index contributed by atoms with van der Waals surface area (Å²) in [6.07, 6.45) is 0.990. The second kappa shape index (κ2) is 13.1. The first-order valence-electron chi connectivity index (χ1n) is 14.0. The highest BCUT2D eigenvalue weighted by molar-refractivity contribution is 6.30. The van der Waals surface area contributed by atoms with Crippen LogP contribution >= 0.6 is 11.6 Å². The summed E-state index contributed by atoms with van der Waals surface area (Å²) in [7, 11) is 0. The fourth-order valence-electron chi connectivity index (χ4n) is 5.64. The lowest BCUT2D eigenvalue weighted by atomic mass is 9.59. The quantitative estimate of drug-likeness (QED) is 0.376. The molecule has 0 saturated heterocycles. The molecule has 2 aromatic carbocycles. The molecule has 0 aromatic heterocycles. The van der Waals surface area contributed by atoms with Gasteiger partial charge in [-0.3, -0.25) is 9.59 Å². The third kappa shape index (κ3) is 7.24. The topological polar surface area (TPSA) is 106 Å². The van der Waals surface area contributed by atoms with E-state index in [2.05, 4.69) is 10.6 Å². The summed E-state index contributed by atoms with van der Waals surface area (Å²) in [6, 6.07) is 8.30. The lowest BCUT2D eigenvalue weighted by molar-refractivity contribution is -0.137. The van der Waals surface area contributed by atoms with Crippen LogP contribution in [0.25, 0.3) is 0 Å². The van der Waals surface area contributed by atoms with Gasteiger partial charge in [-0.25, -0.2) is 13.6 Å². The van der Waals surface area contributed by atoms with Crippen LogP contribution in [0.3, 0.4) is 0 Å². The van der Waals surface area contributed by atoms with E-state index in [1.165, 1.54) is 23.1 Å². The Balaban J connectivity index is 1.43. The van der Waals surface area contributed by atoms with Crippen molar-refractivity contribution < 1.29 is 37.4 Å². The molecule has 2 N–H and O–H groups in total. The molecule has 3 saturated carbocycles.